The zero-order chi connectivity index (χ0) is 11.6. The van der Waals surface area contributed by atoms with Crippen LogP contribution in [0.4, 0.5) is 5.69 Å². The molecule has 1 aromatic rings. The Kier molecular flexibility index (Phi) is 3.11. The molecule has 5 nitrogen and oxygen atoms in total. The Morgan fingerprint density at radius 3 is 2.60 bits per heavy atom. The zero-order valence-electron chi connectivity index (χ0n) is 7.94. The minimum absolute atomic E-state index is 0.0254. The summed E-state index contributed by atoms with van der Waals surface area (Å²) < 4.78 is 0. The van der Waals surface area contributed by atoms with Gasteiger partial charge in [-0.1, -0.05) is 0 Å². The highest BCUT2D eigenvalue weighted by atomic mass is 32.1. The molecule has 0 bridgehead atoms. The Hall–Kier alpha value is -1.82. The standard InChI is InChI=1S/C9H10N2O3S/c1-4-2-6(11-9(10)15)5(8(13)14)3-7(4)12/h2-3,12H,1H3,(H,13,14)(H3,10,11,15). The van der Waals surface area contributed by atoms with Crippen LogP contribution in [0.3, 0.4) is 0 Å². The smallest absolute Gasteiger partial charge is 0.337 e. The van der Waals surface area contributed by atoms with Gasteiger partial charge in [-0.25, -0.2) is 4.79 Å². The third-order valence-corrected chi connectivity index (χ3v) is 1.93. The summed E-state index contributed by atoms with van der Waals surface area (Å²) in [5.41, 5.74) is 5.98. The van der Waals surface area contributed by atoms with Gasteiger partial charge in [-0.15, -0.1) is 0 Å². The maximum atomic E-state index is 10.8. The quantitative estimate of drug-likeness (QED) is 0.445. The second-order valence-corrected chi connectivity index (χ2v) is 3.42. The van der Waals surface area contributed by atoms with Crippen LogP contribution in [0, 0.1) is 6.92 Å². The number of benzene rings is 1. The Morgan fingerprint density at radius 1 is 1.53 bits per heavy atom. The van der Waals surface area contributed by atoms with Crippen LogP contribution in [0.1, 0.15) is 15.9 Å². The molecule has 0 aliphatic heterocycles. The number of phenolic OH excluding ortho intramolecular Hbond substituents is 1. The van der Waals surface area contributed by atoms with Crippen LogP contribution in [0.25, 0.3) is 0 Å². The van der Waals surface area contributed by atoms with Gasteiger partial charge in [0.1, 0.15) is 5.75 Å². The SMILES string of the molecule is Cc1cc(NC(N)=S)c(C(=O)O)cc1O. The molecule has 0 unspecified atom stereocenters. The third kappa shape index (κ3) is 2.57. The van der Waals surface area contributed by atoms with Gasteiger partial charge in [-0.3, -0.25) is 0 Å². The lowest BCUT2D eigenvalue weighted by Gasteiger charge is -2.09. The van der Waals surface area contributed by atoms with Crippen molar-refractivity contribution in [3.63, 3.8) is 0 Å². The zero-order valence-corrected chi connectivity index (χ0v) is 8.76. The topological polar surface area (TPSA) is 95.6 Å². The van der Waals surface area contributed by atoms with Crippen LogP contribution in [-0.4, -0.2) is 21.3 Å². The van der Waals surface area contributed by atoms with Gasteiger partial charge in [0.2, 0.25) is 0 Å². The summed E-state index contributed by atoms with van der Waals surface area (Å²) in [4.78, 5) is 10.8. The third-order valence-electron chi connectivity index (χ3n) is 1.82. The first-order chi connectivity index (χ1) is 6.91. The van der Waals surface area contributed by atoms with Crippen molar-refractivity contribution in [3.8, 4) is 5.75 Å². The van der Waals surface area contributed by atoms with E-state index >= 15 is 0 Å². The summed E-state index contributed by atoms with van der Waals surface area (Å²) in [5.74, 6) is -1.25. The molecule has 0 fully saturated rings. The molecule has 0 spiro atoms. The number of nitrogens with one attached hydrogen (secondary N) is 1. The number of aromatic hydroxyl groups is 1. The monoisotopic (exact) mass is 226 g/mol. The highest BCUT2D eigenvalue weighted by molar-refractivity contribution is 7.80. The van der Waals surface area contributed by atoms with Crippen molar-refractivity contribution in [2.24, 2.45) is 5.73 Å². The Balaban J connectivity index is 3.28. The van der Waals surface area contributed by atoms with Gasteiger partial charge in [0.05, 0.1) is 11.3 Å². The van der Waals surface area contributed by atoms with Crippen molar-refractivity contribution < 1.29 is 15.0 Å². The van der Waals surface area contributed by atoms with E-state index in [0.717, 1.165) is 6.07 Å². The number of phenols is 1. The lowest BCUT2D eigenvalue weighted by Crippen LogP contribution is -2.20. The molecule has 0 aliphatic rings. The van der Waals surface area contributed by atoms with Crippen LogP contribution in [0.5, 0.6) is 5.75 Å². The fourth-order valence-corrected chi connectivity index (χ4v) is 1.22. The van der Waals surface area contributed by atoms with E-state index in [2.05, 4.69) is 17.5 Å². The van der Waals surface area contributed by atoms with Crippen molar-refractivity contribution in [2.75, 3.05) is 5.32 Å². The summed E-state index contributed by atoms with van der Waals surface area (Å²) in [6.45, 7) is 1.64. The molecule has 0 heterocycles. The van der Waals surface area contributed by atoms with E-state index in [-0.39, 0.29) is 22.1 Å². The predicted octanol–water partition coefficient (Wildman–Crippen LogP) is 1.05. The summed E-state index contributed by atoms with van der Waals surface area (Å²) >= 11 is 4.61. The van der Waals surface area contributed by atoms with E-state index in [1.54, 1.807) is 6.92 Å². The van der Waals surface area contributed by atoms with Crippen LogP contribution in [0.15, 0.2) is 12.1 Å². The highest BCUT2D eigenvalue weighted by Crippen LogP contribution is 2.25. The number of carbonyl (C=O) groups is 1. The molecule has 6 heteroatoms. The molecule has 15 heavy (non-hydrogen) atoms. The molecule has 0 aliphatic carbocycles. The summed E-state index contributed by atoms with van der Waals surface area (Å²) in [5, 5.41) is 20.7. The first-order valence-electron chi connectivity index (χ1n) is 4.05. The molecular formula is C9H10N2O3S. The largest absolute Gasteiger partial charge is 0.508 e. The van der Waals surface area contributed by atoms with Crippen LogP contribution in [0.2, 0.25) is 0 Å². The fourth-order valence-electron chi connectivity index (χ4n) is 1.11. The fraction of sp³-hybridized carbons (Fsp3) is 0.111. The summed E-state index contributed by atoms with van der Waals surface area (Å²) in [7, 11) is 0. The average Bonchev–Trinajstić information content (AvgIpc) is 2.09. The number of hydrogen-bond donors (Lipinski definition) is 4. The maximum absolute atomic E-state index is 10.8. The second kappa shape index (κ2) is 4.14. The minimum Gasteiger partial charge on any atom is -0.508 e. The molecule has 0 aromatic heterocycles. The number of carboxylic acid groups (broad SMARTS) is 1. The molecule has 0 atom stereocenters. The van der Waals surface area contributed by atoms with E-state index in [1.165, 1.54) is 6.07 Å². The minimum atomic E-state index is -1.16. The molecule has 80 valence electrons. The molecule has 0 saturated carbocycles. The molecule has 0 radical (unpaired) electrons. The Labute approximate surface area is 91.5 Å². The van der Waals surface area contributed by atoms with Crippen molar-refractivity contribution in [1.29, 1.82) is 0 Å². The van der Waals surface area contributed by atoms with Crippen LogP contribution < -0.4 is 11.1 Å². The summed E-state index contributed by atoms with van der Waals surface area (Å²) in [6, 6.07) is 2.62. The lowest BCUT2D eigenvalue weighted by molar-refractivity contribution is 0.0697. The molecule has 1 aromatic carbocycles. The normalized spacial score (nSPS) is 9.67. The number of aryl methyl sites for hydroxylation is 1. The van der Waals surface area contributed by atoms with Gasteiger partial charge in [0, 0.05) is 0 Å². The first-order valence-corrected chi connectivity index (χ1v) is 4.46. The lowest BCUT2D eigenvalue weighted by atomic mass is 10.1. The van der Waals surface area contributed by atoms with Gasteiger partial charge >= 0.3 is 5.97 Å². The number of anilines is 1. The number of hydrogen-bond acceptors (Lipinski definition) is 3. The number of rotatable bonds is 2. The second-order valence-electron chi connectivity index (χ2n) is 2.98. The molecule has 1 rings (SSSR count). The van der Waals surface area contributed by atoms with E-state index in [1.807, 2.05) is 0 Å². The number of aromatic carboxylic acids is 1. The van der Waals surface area contributed by atoms with Crippen molar-refractivity contribution in [2.45, 2.75) is 6.92 Å². The molecular weight excluding hydrogens is 216 g/mol. The predicted molar refractivity (Wildman–Crippen MR) is 60.2 cm³/mol. The van der Waals surface area contributed by atoms with Gasteiger partial charge in [0.15, 0.2) is 5.11 Å². The molecule has 0 saturated heterocycles. The van der Waals surface area contributed by atoms with E-state index in [9.17, 15) is 9.90 Å². The van der Waals surface area contributed by atoms with Crippen molar-refractivity contribution in [3.05, 3.63) is 23.3 Å². The van der Waals surface area contributed by atoms with Gasteiger partial charge in [-0.05, 0) is 36.8 Å². The van der Waals surface area contributed by atoms with Crippen LogP contribution in [-0.2, 0) is 0 Å². The first kappa shape index (κ1) is 11.3. The molecule has 0 amide bonds. The highest BCUT2D eigenvalue weighted by Gasteiger charge is 2.13. The number of thiocarbonyl (C=S) groups is 1. The van der Waals surface area contributed by atoms with E-state index < -0.39 is 5.97 Å². The van der Waals surface area contributed by atoms with Gasteiger partial charge in [-0.2, -0.15) is 0 Å². The van der Waals surface area contributed by atoms with E-state index in [0.29, 0.717) is 5.56 Å². The number of carboxylic acids is 1. The summed E-state index contributed by atoms with van der Waals surface area (Å²) in [6.07, 6.45) is 0. The number of nitrogens with two attached hydrogens (primary N) is 1. The maximum Gasteiger partial charge on any atom is 0.337 e. The Bertz CT molecular complexity index is 432. The van der Waals surface area contributed by atoms with Gasteiger partial charge in [0.25, 0.3) is 0 Å². The van der Waals surface area contributed by atoms with E-state index in [4.69, 9.17) is 10.8 Å². The van der Waals surface area contributed by atoms with Gasteiger partial charge < -0.3 is 21.3 Å². The molecule has 5 N–H and O–H groups in total. The Morgan fingerprint density at radius 2 is 2.13 bits per heavy atom. The van der Waals surface area contributed by atoms with Crippen molar-refractivity contribution in [1.82, 2.24) is 0 Å². The van der Waals surface area contributed by atoms with Crippen molar-refractivity contribution >= 4 is 29.0 Å². The average molecular weight is 226 g/mol. The van der Waals surface area contributed by atoms with Crippen LogP contribution >= 0.6 is 12.2 Å².